The zero-order valence-corrected chi connectivity index (χ0v) is 12.4. The smallest absolute Gasteiger partial charge is 0.130 e. The lowest BCUT2D eigenvalue weighted by Crippen LogP contribution is -1.94. The van der Waals surface area contributed by atoms with Crippen LogP contribution in [-0.2, 0) is 0 Å². The Labute approximate surface area is 121 Å². The first kappa shape index (κ1) is 13.6. The van der Waals surface area contributed by atoms with Crippen molar-refractivity contribution in [2.75, 3.05) is 0 Å². The van der Waals surface area contributed by atoms with Gasteiger partial charge in [-0.15, -0.1) is 0 Å². The molecule has 0 saturated carbocycles. The van der Waals surface area contributed by atoms with Crippen LogP contribution >= 0.6 is 15.9 Å². The second kappa shape index (κ2) is 5.90. The first-order valence-corrected chi connectivity index (χ1v) is 6.87. The van der Waals surface area contributed by atoms with Crippen LogP contribution in [0.4, 0.5) is 0 Å². The van der Waals surface area contributed by atoms with Crippen molar-refractivity contribution < 1.29 is 4.74 Å². The van der Waals surface area contributed by atoms with E-state index in [9.17, 15) is 0 Å². The van der Waals surface area contributed by atoms with E-state index in [0.717, 1.165) is 15.8 Å². The minimum absolute atomic E-state index is 0.388. The van der Waals surface area contributed by atoms with Crippen molar-refractivity contribution in [3.8, 4) is 17.6 Å². The Kier molecular flexibility index (Phi) is 4.24. The third kappa shape index (κ3) is 3.36. The summed E-state index contributed by atoms with van der Waals surface area (Å²) >= 11 is 3.38. The number of hydrogen-bond donors (Lipinski definition) is 0. The zero-order chi connectivity index (χ0) is 13.8. The van der Waals surface area contributed by atoms with Crippen LogP contribution in [0, 0.1) is 11.3 Å². The number of nitriles is 1. The van der Waals surface area contributed by atoms with Gasteiger partial charge in [-0.05, 0) is 35.7 Å². The molecule has 0 aliphatic heterocycles. The quantitative estimate of drug-likeness (QED) is 0.776. The van der Waals surface area contributed by atoms with Crippen LogP contribution in [0.15, 0.2) is 46.9 Å². The molecule has 0 amide bonds. The monoisotopic (exact) mass is 315 g/mol. The summed E-state index contributed by atoms with van der Waals surface area (Å²) in [6, 6.07) is 15.4. The average molecular weight is 316 g/mol. The Morgan fingerprint density at radius 3 is 2.58 bits per heavy atom. The Bertz CT molecular complexity index is 629. The molecule has 3 heteroatoms. The normalized spacial score (nSPS) is 10.3. The molecule has 0 aliphatic carbocycles. The van der Waals surface area contributed by atoms with E-state index in [1.165, 1.54) is 0 Å². The predicted molar refractivity (Wildman–Crippen MR) is 79.5 cm³/mol. The Balaban J connectivity index is 2.37. The highest BCUT2D eigenvalue weighted by Gasteiger charge is 2.08. The molecular weight excluding hydrogens is 302 g/mol. The number of para-hydroxylation sites is 1. The lowest BCUT2D eigenvalue weighted by Gasteiger charge is -2.13. The number of nitrogens with zero attached hydrogens (tertiary/aromatic N) is 1. The van der Waals surface area contributed by atoms with Gasteiger partial charge in [0.25, 0.3) is 0 Å². The van der Waals surface area contributed by atoms with Crippen molar-refractivity contribution in [2.24, 2.45) is 0 Å². The van der Waals surface area contributed by atoms with Gasteiger partial charge in [0.1, 0.15) is 11.5 Å². The van der Waals surface area contributed by atoms with E-state index < -0.39 is 0 Å². The van der Waals surface area contributed by atoms with Gasteiger partial charge in [0.15, 0.2) is 0 Å². The Morgan fingerprint density at radius 1 is 1.16 bits per heavy atom. The van der Waals surface area contributed by atoms with Crippen LogP contribution in [0.3, 0.4) is 0 Å². The maximum Gasteiger partial charge on any atom is 0.130 e. The molecule has 0 aliphatic rings. The standard InChI is InChI=1S/C16H14BrNO/c1-11(2)15-5-3-4-6-16(15)19-14-8-12(10-18)7-13(17)9-14/h3-9,11H,1-2H3. The Hall–Kier alpha value is -1.79. The van der Waals surface area contributed by atoms with Gasteiger partial charge in [0.2, 0.25) is 0 Å². The van der Waals surface area contributed by atoms with Crippen LogP contribution in [0.2, 0.25) is 0 Å². The Morgan fingerprint density at radius 2 is 1.89 bits per heavy atom. The van der Waals surface area contributed by atoms with E-state index in [-0.39, 0.29) is 0 Å². The molecule has 2 nitrogen and oxygen atoms in total. The molecule has 0 N–H and O–H groups in total. The molecule has 2 aromatic carbocycles. The summed E-state index contributed by atoms with van der Waals surface area (Å²) in [5, 5.41) is 8.97. The van der Waals surface area contributed by atoms with Gasteiger partial charge < -0.3 is 4.74 Å². The summed E-state index contributed by atoms with van der Waals surface area (Å²) in [5.41, 5.74) is 1.73. The topological polar surface area (TPSA) is 33.0 Å². The second-order valence-electron chi connectivity index (χ2n) is 4.58. The van der Waals surface area contributed by atoms with Crippen molar-refractivity contribution >= 4 is 15.9 Å². The van der Waals surface area contributed by atoms with Gasteiger partial charge in [0.05, 0.1) is 11.6 Å². The molecule has 0 unspecified atom stereocenters. The fourth-order valence-corrected chi connectivity index (χ4v) is 2.34. The van der Waals surface area contributed by atoms with Gasteiger partial charge in [-0.2, -0.15) is 5.26 Å². The number of hydrogen-bond acceptors (Lipinski definition) is 2. The largest absolute Gasteiger partial charge is 0.457 e. The maximum absolute atomic E-state index is 8.97. The van der Waals surface area contributed by atoms with Gasteiger partial charge in [0, 0.05) is 4.47 Å². The molecule has 0 atom stereocenters. The van der Waals surface area contributed by atoms with Gasteiger partial charge in [-0.3, -0.25) is 0 Å². The molecule has 19 heavy (non-hydrogen) atoms. The van der Waals surface area contributed by atoms with Crippen molar-refractivity contribution in [3.63, 3.8) is 0 Å². The lowest BCUT2D eigenvalue weighted by atomic mass is 10.0. The molecule has 0 heterocycles. The van der Waals surface area contributed by atoms with Crippen LogP contribution < -0.4 is 4.74 Å². The van der Waals surface area contributed by atoms with Crippen molar-refractivity contribution in [1.29, 1.82) is 5.26 Å². The maximum atomic E-state index is 8.97. The summed E-state index contributed by atoms with van der Waals surface area (Å²) in [6.07, 6.45) is 0. The molecule has 0 radical (unpaired) electrons. The van der Waals surface area contributed by atoms with Crippen molar-refractivity contribution in [2.45, 2.75) is 19.8 Å². The van der Waals surface area contributed by atoms with E-state index >= 15 is 0 Å². The van der Waals surface area contributed by atoms with E-state index in [4.69, 9.17) is 10.00 Å². The van der Waals surface area contributed by atoms with Crippen LogP contribution in [0.5, 0.6) is 11.5 Å². The number of rotatable bonds is 3. The third-order valence-electron chi connectivity index (χ3n) is 2.77. The third-order valence-corrected chi connectivity index (χ3v) is 3.23. The summed E-state index contributed by atoms with van der Waals surface area (Å²) in [5.74, 6) is 1.89. The first-order valence-electron chi connectivity index (χ1n) is 6.07. The molecule has 0 saturated heterocycles. The highest BCUT2D eigenvalue weighted by molar-refractivity contribution is 9.10. The second-order valence-corrected chi connectivity index (χ2v) is 5.50. The number of benzene rings is 2. The molecule has 2 aromatic rings. The summed E-state index contributed by atoms with van der Waals surface area (Å²) < 4.78 is 6.75. The average Bonchev–Trinajstić information content (AvgIpc) is 2.38. The summed E-state index contributed by atoms with van der Waals surface area (Å²) in [7, 11) is 0. The molecule has 2 rings (SSSR count). The van der Waals surface area contributed by atoms with Crippen molar-refractivity contribution in [3.05, 3.63) is 58.1 Å². The predicted octanol–water partition coefficient (Wildman–Crippen LogP) is 5.24. The van der Waals surface area contributed by atoms with E-state index in [0.29, 0.717) is 17.2 Å². The number of halogens is 1. The lowest BCUT2D eigenvalue weighted by molar-refractivity contribution is 0.472. The molecule has 0 fully saturated rings. The molecular formula is C16H14BrNO. The minimum atomic E-state index is 0.388. The SMILES string of the molecule is CC(C)c1ccccc1Oc1cc(Br)cc(C#N)c1. The van der Waals surface area contributed by atoms with Crippen LogP contribution in [0.25, 0.3) is 0 Å². The summed E-state index contributed by atoms with van der Waals surface area (Å²) in [4.78, 5) is 0. The van der Waals surface area contributed by atoms with Crippen LogP contribution in [-0.4, -0.2) is 0 Å². The molecule has 96 valence electrons. The van der Waals surface area contributed by atoms with Gasteiger partial charge in [-0.25, -0.2) is 0 Å². The zero-order valence-electron chi connectivity index (χ0n) is 10.9. The molecule has 0 spiro atoms. The number of ether oxygens (including phenoxy) is 1. The van der Waals surface area contributed by atoms with E-state index in [1.54, 1.807) is 12.1 Å². The van der Waals surface area contributed by atoms with E-state index in [2.05, 4.69) is 41.9 Å². The highest BCUT2D eigenvalue weighted by Crippen LogP contribution is 2.31. The highest BCUT2D eigenvalue weighted by atomic mass is 79.9. The minimum Gasteiger partial charge on any atom is -0.457 e. The van der Waals surface area contributed by atoms with Crippen LogP contribution in [0.1, 0.15) is 30.9 Å². The molecule has 0 bridgehead atoms. The first-order chi connectivity index (χ1) is 9.10. The van der Waals surface area contributed by atoms with E-state index in [1.807, 2.05) is 24.3 Å². The molecule has 0 aromatic heterocycles. The summed E-state index contributed by atoms with van der Waals surface area (Å²) in [6.45, 7) is 4.26. The fourth-order valence-electron chi connectivity index (χ4n) is 1.86. The fraction of sp³-hybridized carbons (Fsp3) is 0.188. The van der Waals surface area contributed by atoms with Gasteiger partial charge >= 0.3 is 0 Å². The van der Waals surface area contributed by atoms with Gasteiger partial charge in [-0.1, -0.05) is 48.0 Å². The van der Waals surface area contributed by atoms with Crippen molar-refractivity contribution in [1.82, 2.24) is 0 Å².